The molecular formula is C58H36. The molecule has 0 nitrogen and oxygen atoms in total. The largest absolute Gasteiger partial charge is 0.0622 e. The Hall–Kier alpha value is -7.54. The van der Waals surface area contributed by atoms with Crippen molar-refractivity contribution < 1.29 is 0 Å². The Kier molecular flexibility index (Phi) is 7.33. The number of fused-ring (bicyclic) bond motifs is 6. The third-order valence-electron chi connectivity index (χ3n) is 12.4. The van der Waals surface area contributed by atoms with E-state index in [0.29, 0.717) is 0 Å². The summed E-state index contributed by atoms with van der Waals surface area (Å²) in [6, 6.07) is 80.7. The van der Waals surface area contributed by atoms with Gasteiger partial charge >= 0.3 is 0 Å². The highest BCUT2D eigenvalue weighted by molar-refractivity contribution is 6.41. The maximum absolute atomic E-state index is 2.50. The maximum Gasteiger partial charge on any atom is -0.000137 e. The van der Waals surface area contributed by atoms with Crippen LogP contribution < -0.4 is 0 Å². The van der Waals surface area contributed by atoms with E-state index in [2.05, 4.69) is 218 Å². The summed E-state index contributed by atoms with van der Waals surface area (Å²) in [6.07, 6.45) is 0. The summed E-state index contributed by atoms with van der Waals surface area (Å²) in [5.74, 6) is 0. The Morgan fingerprint density at radius 1 is 0.172 bits per heavy atom. The minimum absolute atomic E-state index is 1.21. The van der Waals surface area contributed by atoms with Crippen LogP contribution >= 0.6 is 0 Å². The molecule has 0 spiro atoms. The van der Waals surface area contributed by atoms with E-state index in [9.17, 15) is 0 Å². The predicted octanol–water partition coefficient (Wildman–Crippen LogP) is 15.2. The van der Waals surface area contributed by atoms with Crippen LogP contribution in [-0.4, -0.2) is 0 Å². The second-order valence-electron chi connectivity index (χ2n) is 15.5. The van der Waals surface area contributed by atoms with Crippen LogP contribution in [0.15, 0.2) is 224 Å². The zero-order valence-electron chi connectivity index (χ0n) is 31.8. The maximum atomic E-state index is 2.50. The normalized spacial score (nSPS) is 13.7. The van der Waals surface area contributed by atoms with E-state index in [1.807, 2.05) is 0 Å². The number of benzene rings is 9. The van der Waals surface area contributed by atoms with Gasteiger partial charge in [-0.1, -0.05) is 206 Å². The Bertz CT molecular complexity index is 3170. The van der Waals surface area contributed by atoms with E-state index in [0.717, 1.165) is 0 Å². The fraction of sp³-hybridized carbons (Fsp3) is 0. The van der Waals surface area contributed by atoms with Crippen LogP contribution in [0.4, 0.5) is 0 Å². The first kappa shape index (κ1) is 32.7. The first-order valence-electron chi connectivity index (χ1n) is 20.2. The lowest BCUT2D eigenvalue weighted by molar-refractivity contribution is 1.52. The van der Waals surface area contributed by atoms with Gasteiger partial charge in [-0.05, 0) is 134 Å². The topological polar surface area (TPSA) is 0 Å². The Balaban J connectivity index is 1.28. The minimum atomic E-state index is 1.21. The summed E-state index contributed by atoms with van der Waals surface area (Å²) in [4.78, 5) is 0. The summed E-state index contributed by atoms with van der Waals surface area (Å²) in [5.41, 5.74) is 25.3. The number of rotatable bonds is 6. The van der Waals surface area contributed by atoms with E-state index in [1.165, 1.54) is 122 Å². The molecule has 0 bridgehead atoms. The minimum Gasteiger partial charge on any atom is -0.0622 e. The summed E-state index contributed by atoms with van der Waals surface area (Å²) in [6.45, 7) is 0. The van der Waals surface area contributed by atoms with Gasteiger partial charge in [0.1, 0.15) is 0 Å². The zero-order valence-corrected chi connectivity index (χ0v) is 31.8. The van der Waals surface area contributed by atoms with Gasteiger partial charge in [-0.25, -0.2) is 0 Å². The molecule has 0 N–H and O–H groups in total. The van der Waals surface area contributed by atoms with Gasteiger partial charge in [-0.3, -0.25) is 0 Å². The smallest absolute Gasteiger partial charge is 0.000137 e. The molecule has 0 aromatic heterocycles. The van der Waals surface area contributed by atoms with Crippen molar-refractivity contribution in [1.29, 1.82) is 0 Å². The predicted molar refractivity (Wildman–Crippen MR) is 245 cm³/mol. The van der Waals surface area contributed by atoms with E-state index in [4.69, 9.17) is 0 Å². The van der Waals surface area contributed by atoms with E-state index >= 15 is 0 Å². The van der Waals surface area contributed by atoms with Crippen molar-refractivity contribution >= 4 is 38.6 Å². The van der Waals surface area contributed by atoms with Gasteiger partial charge in [0, 0.05) is 0 Å². The molecule has 0 unspecified atom stereocenters. The lowest BCUT2D eigenvalue weighted by atomic mass is 9.83. The Labute approximate surface area is 339 Å². The third-order valence-corrected chi connectivity index (χ3v) is 12.4. The molecule has 0 fully saturated rings. The lowest BCUT2D eigenvalue weighted by Crippen LogP contribution is -1.97. The fourth-order valence-corrected chi connectivity index (χ4v) is 9.99. The molecule has 3 aliphatic carbocycles. The molecule has 9 aromatic carbocycles. The molecule has 0 saturated heterocycles. The molecule has 58 heavy (non-hydrogen) atoms. The molecule has 0 aliphatic heterocycles. The SMILES string of the molecule is c1ccc(C2=C(c3ccccc3)C(c3ccc4c5c(cccc35)-c3ccccc3-4)=C3C2=C(c2ccccc2)c2cc(-c4ccccc4)c(-c4ccccc4)cc23)cc1. The lowest BCUT2D eigenvalue weighted by Gasteiger charge is -2.20. The molecule has 268 valence electrons. The van der Waals surface area contributed by atoms with Crippen LogP contribution in [0.5, 0.6) is 0 Å². The van der Waals surface area contributed by atoms with Crippen LogP contribution in [-0.2, 0) is 0 Å². The number of hydrogen-bond acceptors (Lipinski definition) is 0. The molecule has 0 heterocycles. The van der Waals surface area contributed by atoms with Gasteiger partial charge in [0.2, 0.25) is 0 Å². The van der Waals surface area contributed by atoms with Crippen LogP contribution in [0.1, 0.15) is 33.4 Å². The highest BCUT2D eigenvalue weighted by Gasteiger charge is 2.41. The zero-order chi connectivity index (χ0) is 38.2. The molecule has 0 amide bonds. The average Bonchev–Trinajstić information content (AvgIpc) is 3.94. The molecule has 0 radical (unpaired) electrons. The molecule has 9 aromatic rings. The van der Waals surface area contributed by atoms with Gasteiger partial charge in [0.25, 0.3) is 0 Å². The van der Waals surface area contributed by atoms with Crippen molar-refractivity contribution in [2.24, 2.45) is 0 Å². The molecule has 0 atom stereocenters. The highest BCUT2D eigenvalue weighted by Crippen LogP contribution is 2.63. The summed E-state index contributed by atoms with van der Waals surface area (Å²) >= 11 is 0. The fourth-order valence-electron chi connectivity index (χ4n) is 9.99. The van der Waals surface area contributed by atoms with Crippen molar-refractivity contribution in [2.75, 3.05) is 0 Å². The van der Waals surface area contributed by atoms with Crippen LogP contribution in [0, 0.1) is 0 Å². The summed E-state index contributed by atoms with van der Waals surface area (Å²) in [5, 5.41) is 2.63. The van der Waals surface area contributed by atoms with Crippen LogP contribution in [0.25, 0.3) is 83.1 Å². The van der Waals surface area contributed by atoms with Crippen molar-refractivity contribution in [3.8, 4) is 44.5 Å². The van der Waals surface area contributed by atoms with E-state index in [-0.39, 0.29) is 0 Å². The van der Waals surface area contributed by atoms with Gasteiger partial charge < -0.3 is 0 Å². The molecule has 0 saturated carbocycles. The second kappa shape index (κ2) is 13.0. The quantitative estimate of drug-likeness (QED) is 0.160. The first-order valence-corrected chi connectivity index (χ1v) is 20.2. The first-order chi connectivity index (χ1) is 28.8. The van der Waals surface area contributed by atoms with Gasteiger partial charge in [-0.2, -0.15) is 0 Å². The molecule has 12 rings (SSSR count). The Morgan fingerprint density at radius 2 is 0.534 bits per heavy atom. The van der Waals surface area contributed by atoms with Crippen molar-refractivity contribution in [3.05, 3.63) is 257 Å². The molecular weight excluding hydrogens is 697 g/mol. The molecule has 0 heteroatoms. The second-order valence-corrected chi connectivity index (χ2v) is 15.5. The Morgan fingerprint density at radius 3 is 1.05 bits per heavy atom. The number of hydrogen-bond donors (Lipinski definition) is 0. The van der Waals surface area contributed by atoms with Crippen molar-refractivity contribution in [1.82, 2.24) is 0 Å². The summed E-state index contributed by atoms with van der Waals surface area (Å²) in [7, 11) is 0. The van der Waals surface area contributed by atoms with Gasteiger partial charge in [0.15, 0.2) is 0 Å². The number of allylic oxidation sites excluding steroid dienone is 5. The monoisotopic (exact) mass is 732 g/mol. The van der Waals surface area contributed by atoms with Crippen molar-refractivity contribution in [3.63, 3.8) is 0 Å². The van der Waals surface area contributed by atoms with Crippen LogP contribution in [0.3, 0.4) is 0 Å². The average molecular weight is 733 g/mol. The van der Waals surface area contributed by atoms with Gasteiger partial charge in [0.05, 0.1) is 0 Å². The van der Waals surface area contributed by atoms with Gasteiger partial charge in [-0.15, -0.1) is 0 Å². The third kappa shape index (κ3) is 4.82. The van der Waals surface area contributed by atoms with E-state index < -0.39 is 0 Å². The standard InChI is InChI=1S/C58H36/c1-6-19-37(20-7-1)48-35-50-51(36-49(48)38-21-8-2-9-22-38)57-56(47-34-33-46-43-30-17-16-29-42(43)44-31-18-32-45(47)55(44)46)53(40-25-12-4-13-26-40)54(41-27-14-5-15-28-41)58(57)52(50)39-23-10-3-11-24-39/h1-36H. The summed E-state index contributed by atoms with van der Waals surface area (Å²) < 4.78 is 0. The van der Waals surface area contributed by atoms with E-state index in [1.54, 1.807) is 0 Å². The highest BCUT2D eigenvalue weighted by atomic mass is 14.4. The molecule has 3 aliphatic rings. The van der Waals surface area contributed by atoms with Crippen molar-refractivity contribution in [2.45, 2.75) is 0 Å². The van der Waals surface area contributed by atoms with Crippen LogP contribution in [0.2, 0.25) is 0 Å².